The van der Waals surface area contributed by atoms with Gasteiger partial charge in [-0.1, -0.05) is 17.7 Å². The zero-order chi connectivity index (χ0) is 20.6. The molecule has 0 spiro atoms. The Balaban J connectivity index is 2.28. The molecule has 0 radical (unpaired) electrons. The number of carbonyl (C=O) groups is 2. The fourth-order valence-electron chi connectivity index (χ4n) is 2.81. The summed E-state index contributed by atoms with van der Waals surface area (Å²) in [6.07, 6.45) is -1.26. The number of amides is 2. The van der Waals surface area contributed by atoms with E-state index < -0.39 is 34.7 Å². The molecule has 150 valence electrons. The second kappa shape index (κ2) is 7.19. The maximum absolute atomic E-state index is 14.5. The highest BCUT2D eigenvalue weighted by molar-refractivity contribution is 6.31. The molecule has 2 amide bonds. The van der Waals surface area contributed by atoms with Crippen LogP contribution in [0.5, 0.6) is 0 Å². The first-order chi connectivity index (χ1) is 12.2. The van der Waals surface area contributed by atoms with Crippen LogP contribution in [0.15, 0.2) is 18.2 Å². The van der Waals surface area contributed by atoms with Crippen molar-refractivity contribution in [2.24, 2.45) is 0 Å². The quantitative estimate of drug-likeness (QED) is 0.796. The Bertz CT molecular complexity index is 714. The minimum Gasteiger partial charge on any atom is -0.444 e. The minimum atomic E-state index is -1.19. The van der Waals surface area contributed by atoms with Crippen LogP contribution in [0.2, 0.25) is 5.02 Å². The number of hydrogen-bond donors (Lipinski definition) is 1. The molecule has 2 rings (SSSR count). The standard InChI is InChI=1S/C19H26ClFN2O4/c1-17(2,3)26-15(24)22-19(14-12(20)8-7-9-13(14)21)10-23(11-19)16(25)27-18(4,5)6/h7-9H,10-11H2,1-6H3,(H,22,24). The first-order valence-corrected chi connectivity index (χ1v) is 9.04. The van der Waals surface area contributed by atoms with Crippen LogP contribution < -0.4 is 5.32 Å². The van der Waals surface area contributed by atoms with Gasteiger partial charge in [-0.2, -0.15) is 0 Å². The Hall–Kier alpha value is -2.02. The summed E-state index contributed by atoms with van der Waals surface area (Å²) in [6, 6.07) is 4.27. The van der Waals surface area contributed by atoms with Gasteiger partial charge >= 0.3 is 12.2 Å². The van der Waals surface area contributed by atoms with Crippen LogP contribution in [0.3, 0.4) is 0 Å². The van der Waals surface area contributed by atoms with Crippen LogP contribution in [-0.2, 0) is 15.0 Å². The molecule has 1 fully saturated rings. The summed E-state index contributed by atoms with van der Waals surface area (Å²) in [5.41, 5.74) is -2.46. The van der Waals surface area contributed by atoms with E-state index in [1.54, 1.807) is 41.5 Å². The number of alkyl carbamates (subject to hydrolysis) is 1. The van der Waals surface area contributed by atoms with Crippen LogP contribution in [0.1, 0.15) is 47.1 Å². The minimum absolute atomic E-state index is 0.0157. The van der Waals surface area contributed by atoms with Gasteiger partial charge in [0.25, 0.3) is 0 Å². The molecule has 6 nitrogen and oxygen atoms in total. The number of halogens is 2. The number of nitrogens with one attached hydrogen (secondary N) is 1. The Morgan fingerprint density at radius 3 is 2.15 bits per heavy atom. The topological polar surface area (TPSA) is 67.9 Å². The first-order valence-electron chi connectivity index (χ1n) is 8.66. The van der Waals surface area contributed by atoms with E-state index >= 15 is 0 Å². The number of nitrogens with zero attached hydrogens (tertiary/aromatic N) is 1. The van der Waals surface area contributed by atoms with Crippen molar-refractivity contribution < 1.29 is 23.5 Å². The molecule has 1 aromatic rings. The Morgan fingerprint density at radius 2 is 1.67 bits per heavy atom. The largest absolute Gasteiger partial charge is 0.444 e. The van der Waals surface area contributed by atoms with Gasteiger partial charge in [-0.3, -0.25) is 0 Å². The van der Waals surface area contributed by atoms with Crippen molar-refractivity contribution in [3.05, 3.63) is 34.6 Å². The van der Waals surface area contributed by atoms with Crippen LogP contribution in [0.4, 0.5) is 14.0 Å². The van der Waals surface area contributed by atoms with Gasteiger partial charge in [0.15, 0.2) is 0 Å². The monoisotopic (exact) mass is 400 g/mol. The zero-order valence-corrected chi connectivity index (χ0v) is 17.2. The molecule has 1 heterocycles. The van der Waals surface area contributed by atoms with Crippen molar-refractivity contribution in [1.82, 2.24) is 10.2 Å². The molecular weight excluding hydrogens is 375 g/mol. The van der Waals surface area contributed by atoms with E-state index in [-0.39, 0.29) is 23.7 Å². The maximum Gasteiger partial charge on any atom is 0.410 e. The third kappa shape index (κ3) is 5.25. The van der Waals surface area contributed by atoms with Crippen molar-refractivity contribution in [1.29, 1.82) is 0 Å². The summed E-state index contributed by atoms with van der Waals surface area (Å²) in [6.45, 7) is 10.5. The van der Waals surface area contributed by atoms with E-state index in [9.17, 15) is 14.0 Å². The van der Waals surface area contributed by atoms with Gasteiger partial charge in [-0.05, 0) is 53.7 Å². The number of carbonyl (C=O) groups excluding carboxylic acids is 2. The molecular formula is C19H26ClFN2O4. The SMILES string of the molecule is CC(C)(C)OC(=O)NC1(c2c(F)cccc2Cl)CN(C(=O)OC(C)(C)C)C1. The Morgan fingerprint density at radius 1 is 1.11 bits per heavy atom. The number of ether oxygens (including phenoxy) is 2. The molecule has 1 aliphatic rings. The Labute approximate surface area is 163 Å². The van der Waals surface area contributed by atoms with Crippen LogP contribution >= 0.6 is 11.6 Å². The van der Waals surface area contributed by atoms with Crippen molar-refractivity contribution >= 4 is 23.8 Å². The maximum atomic E-state index is 14.5. The molecule has 1 aromatic carbocycles. The molecule has 0 unspecified atom stereocenters. The van der Waals surface area contributed by atoms with E-state index in [0.717, 1.165) is 0 Å². The fraction of sp³-hybridized carbons (Fsp3) is 0.579. The highest BCUT2D eigenvalue weighted by atomic mass is 35.5. The molecule has 8 heteroatoms. The van der Waals surface area contributed by atoms with E-state index in [0.29, 0.717) is 0 Å². The number of benzene rings is 1. The molecule has 0 atom stereocenters. The molecule has 0 aromatic heterocycles. The predicted octanol–water partition coefficient (Wildman–Crippen LogP) is 4.45. The fourth-order valence-corrected chi connectivity index (χ4v) is 3.16. The highest BCUT2D eigenvalue weighted by Gasteiger charge is 2.51. The van der Waals surface area contributed by atoms with Gasteiger partial charge in [0, 0.05) is 10.6 Å². The van der Waals surface area contributed by atoms with Gasteiger partial charge in [0.1, 0.15) is 22.6 Å². The van der Waals surface area contributed by atoms with E-state index in [1.807, 2.05) is 0 Å². The second-order valence-electron chi connectivity index (χ2n) is 8.64. The summed E-state index contributed by atoms with van der Waals surface area (Å²) < 4.78 is 25.2. The molecule has 1 N–H and O–H groups in total. The normalized spacial score (nSPS) is 16.4. The summed E-state index contributed by atoms with van der Waals surface area (Å²) >= 11 is 6.21. The van der Waals surface area contributed by atoms with E-state index in [4.69, 9.17) is 21.1 Å². The van der Waals surface area contributed by atoms with Crippen LogP contribution in [-0.4, -0.2) is 41.4 Å². The van der Waals surface area contributed by atoms with Gasteiger partial charge in [0.2, 0.25) is 0 Å². The van der Waals surface area contributed by atoms with Gasteiger partial charge < -0.3 is 19.7 Å². The van der Waals surface area contributed by atoms with Crippen LogP contribution in [0.25, 0.3) is 0 Å². The number of likely N-dealkylation sites (tertiary alicyclic amines) is 1. The number of rotatable bonds is 2. The van der Waals surface area contributed by atoms with Gasteiger partial charge in [0.05, 0.1) is 13.1 Å². The van der Waals surface area contributed by atoms with E-state index in [2.05, 4.69) is 5.32 Å². The lowest BCUT2D eigenvalue weighted by Crippen LogP contribution is -2.69. The summed E-state index contributed by atoms with van der Waals surface area (Å²) in [5, 5.41) is 2.86. The lowest BCUT2D eigenvalue weighted by atomic mass is 9.82. The molecule has 1 aliphatic heterocycles. The highest BCUT2D eigenvalue weighted by Crippen LogP contribution is 2.38. The number of hydrogen-bond acceptors (Lipinski definition) is 4. The lowest BCUT2D eigenvalue weighted by molar-refractivity contribution is -0.0237. The molecule has 1 saturated heterocycles. The average Bonchev–Trinajstić information content (AvgIpc) is 2.39. The summed E-state index contributed by atoms with van der Waals surface area (Å²) in [5.74, 6) is -0.567. The summed E-state index contributed by atoms with van der Waals surface area (Å²) in [7, 11) is 0. The third-order valence-electron chi connectivity index (χ3n) is 3.75. The van der Waals surface area contributed by atoms with Gasteiger partial charge in [-0.15, -0.1) is 0 Å². The zero-order valence-electron chi connectivity index (χ0n) is 16.5. The van der Waals surface area contributed by atoms with Crippen molar-refractivity contribution in [3.63, 3.8) is 0 Å². The second-order valence-corrected chi connectivity index (χ2v) is 9.05. The van der Waals surface area contributed by atoms with Crippen LogP contribution in [0, 0.1) is 5.82 Å². The molecule has 0 bridgehead atoms. The van der Waals surface area contributed by atoms with Gasteiger partial charge in [-0.25, -0.2) is 14.0 Å². The smallest absolute Gasteiger partial charge is 0.410 e. The molecule has 0 saturated carbocycles. The predicted molar refractivity (Wildman–Crippen MR) is 100 cm³/mol. The molecule has 27 heavy (non-hydrogen) atoms. The van der Waals surface area contributed by atoms with Crippen molar-refractivity contribution in [2.45, 2.75) is 58.3 Å². The first kappa shape index (κ1) is 21.3. The van der Waals surface area contributed by atoms with E-state index in [1.165, 1.54) is 23.1 Å². The Kier molecular flexibility index (Phi) is 5.66. The third-order valence-corrected chi connectivity index (χ3v) is 4.07. The average molecular weight is 401 g/mol. The molecule has 0 aliphatic carbocycles. The van der Waals surface area contributed by atoms with Crippen molar-refractivity contribution in [3.8, 4) is 0 Å². The van der Waals surface area contributed by atoms with Crippen molar-refractivity contribution in [2.75, 3.05) is 13.1 Å². The lowest BCUT2D eigenvalue weighted by Gasteiger charge is -2.50. The summed E-state index contributed by atoms with van der Waals surface area (Å²) in [4.78, 5) is 26.0.